The van der Waals surface area contributed by atoms with Crippen LogP contribution < -0.4 is 10.4 Å². The molecule has 1 amide bonds. The lowest BCUT2D eigenvalue weighted by Crippen LogP contribution is -2.67. The molecule has 0 radical (unpaired) electrons. The Morgan fingerprint density at radius 3 is 1.81 bits per heavy atom. The molecular formula is C31H37NO4Si. The van der Waals surface area contributed by atoms with E-state index in [4.69, 9.17) is 4.43 Å². The summed E-state index contributed by atoms with van der Waals surface area (Å²) in [4.78, 5) is 27.0. The number of amides is 1. The van der Waals surface area contributed by atoms with E-state index in [1.54, 1.807) is 12.1 Å². The molecule has 0 aromatic heterocycles. The first-order chi connectivity index (χ1) is 17.7. The number of carbonyl (C=O) groups excluding carboxylic acids is 1. The van der Waals surface area contributed by atoms with Crippen LogP contribution in [0, 0.1) is 0 Å². The monoisotopic (exact) mass is 515 g/mol. The number of Topliss-reactive ketones (excluding diaryl/α,β-unsaturated/α-hetero) is 1. The third-order valence-electron chi connectivity index (χ3n) is 7.51. The van der Waals surface area contributed by atoms with Gasteiger partial charge in [-0.3, -0.25) is 9.69 Å². The maximum Gasteiger partial charge on any atom is 0.407 e. The molecule has 1 aliphatic rings. The number of rotatable bonds is 8. The summed E-state index contributed by atoms with van der Waals surface area (Å²) in [7, 11) is -2.79. The van der Waals surface area contributed by atoms with Gasteiger partial charge in [-0.15, -0.1) is 0 Å². The predicted octanol–water partition coefficient (Wildman–Crippen LogP) is 5.74. The molecule has 2 atom stereocenters. The highest BCUT2D eigenvalue weighted by atomic mass is 28.4. The first-order valence-corrected chi connectivity index (χ1v) is 15.0. The lowest BCUT2D eigenvalue weighted by atomic mass is 9.91. The first kappa shape index (κ1) is 26.8. The minimum Gasteiger partial charge on any atom is -0.465 e. The predicted molar refractivity (Wildman–Crippen MR) is 150 cm³/mol. The molecule has 3 aromatic carbocycles. The van der Waals surface area contributed by atoms with Gasteiger partial charge < -0.3 is 9.53 Å². The summed E-state index contributed by atoms with van der Waals surface area (Å²) < 4.78 is 7.07. The van der Waals surface area contributed by atoms with E-state index in [0.29, 0.717) is 18.6 Å². The fourth-order valence-electron chi connectivity index (χ4n) is 5.78. The fraction of sp³-hybridized carbons (Fsp3) is 0.355. The largest absolute Gasteiger partial charge is 0.465 e. The Labute approximate surface area is 221 Å². The third kappa shape index (κ3) is 5.70. The average molecular weight is 516 g/mol. The molecule has 4 rings (SSSR count). The van der Waals surface area contributed by atoms with Crippen molar-refractivity contribution in [3.05, 3.63) is 96.6 Å². The van der Waals surface area contributed by atoms with Crippen molar-refractivity contribution in [2.45, 2.75) is 63.6 Å². The molecule has 0 bridgehead atoms. The van der Waals surface area contributed by atoms with Crippen LogP contribution in [-0.2, 0) is 4.43 Å². The highest BCUT2D eigenvalue weighted by Crippen LogP contribution is 2.37. The van der Waals surface area contributed by atoms with Gasteiger partial charge in [-0.05, 0) is 34.7 Å². The number of nitrogens with zero attached hydrogens (tertiary/aromatic N) is 1. The molecule has 5 nitrogen and oxygen atoms in total. The van der Waals surface area contributed by atoms with Crippen LogP contribution in [-0.4, -0.2) is 48.9 Å². The van der Waals surface area contributed by atoms with E-state index < -0.39 is 14.4 Å². The summed E-state index contributed by atoms with van der Waals surface area (Å²) in [5, 5.41) is 12.4. The topological polar surface area (TPSA) is 66.8 Å². The Kier molecular flexibility index (Phi) is 8.30. The quantitative estimate of drug-likeness (QED) is 0.307. The minimum absolute atomic E-state index is 0.0228. The van der Waals surface area contributed by atoms with Gasteiger partial charge in [0.1, 0.15) is 0 Å². The number of carbonyl (C=O) groups is 2. The van der Waals surface area contributed by atoms with Crippen LogP contribution in [0.1, 0.15) is 56.8 Å². The van der Waals surface area contributed by atoms with Gasteiger partial charge in [-0.2, -0.15) is 0 Å². The van der Waals surface area contributed by atoms with Crippen LogP contribution in [0.3, 0.4) is 0 Å². The van der Waals surface area contributed by atoms with Crippen molar-refractivity contribution in [3.63, 3.8) is 0 Å². The van der Waals surface area contributed by atoms with Crippen molar-refractivity contribution in [3.8, 4) is 0 Å². The summed E-state index contributed by atoms with van der Waals surface area (Å²) in [6, 6.07) is 29.2. The molecular weight excluding hydrogens is 478 g/mol. The lowest BCUT2D eigenvalue weighted by Gasteiger charge is -2.46. The summed E-state index contributed by atoms with van der Waals surface area (Å²) in [6.45, 7) is 6.96. The fourth-order valence-corrected chi connectivity index (χ4v) is 10.4. The highest BCUT2D eigenvalue weighted by molar-refractivity contribution is 6.99. The number of benzene rings is 3. The van der Waals surface area contributed by atoms with Gasteiger partial charge in [0.2, 0.25) is 0 Å². The maximum absolute atomic E-state index is 13.0. The van der Waals surface area contributed by atoms with Crippen LogP contribution >= 0.6 is 0 Å². The van der Waals surface area contributed by atoms with E-state index in [9.17, 15) is 14.7 Å². The maximum atomic E-state index is 13.0. The Hall–Kier alpha value is -3.22. The van der Waals surface area contributed by atoms with Crippen LogP contribution in [0.5, 0.6) is 0 Å². The molecule has 37 heavy (non-hydrogen) atoms. The minimum atomic E-state index is -2.79. The normalized spacial score (nSPS) is 18.4. The zero-order valence-electron chi connectivity index (χ0n) is 22.0. The molecule has 0 saturated carbocycles. The molecule has 0 unspecified atom stereocenters. The van der Waals surface area contributed by atoms with Crippen LogP contribution in [0.15, 0.2) is 91.0 Å². The molecule has 6 heteroatoms. The number of hydrogen-bond donors (Lipinski definition) is 1. The van der Waals surface area contributed by atoms with Gasteiger partial charge >= 0.3 is 6.09 Å². The van der Waals surface area contributed by atoms with Gasteiger partial charge in [0.05, 0.1) is 12.6 Å². The van der Waals surface area contributed by atoms with Gasteiger partial charge in [0.25, 0.3) is 8.32 Å². The Morgan fingerprint density at radius 1 is 0.838 bits per heavy atom. The molecule has 3 aromatic rings. The highest BCUT2D eigenvalue weighted by Gasteiger charge is 2.51. The van der Waals surface area contributed by atoms with Gasteiger partial charge in [0, 0.05) is 18.0 Å². The van der Waals surface area contributed by atoms with Crippen molar-refractivity contribution in [2.24, 2.45) is 0 Å². The second-order valence-corrected chi connectivity index (χ2v) is 15.2. The standard InChI is InChI=1S/C31H37NO4Si/c1-31(2,3)37(27-18-9-5-10-19-27,28-20-11-6-12-21-28)36-23-26-17-13-16-25(32(26)30(34)35)22-29(33)24-14-7-4-8-15-24/h4-12,14-15,18-21,25-26H,13,16-17,22-23H2,1-3H3,(H,34,35)/t25-,26+/m0/s1. The molecule has 1 N–H and O–H groups in total. The van der Waals surface area contributed by atoms with Gasteiger partial charge in [0.15, 0.2) is 5.78 Å². The van der Waals surface area contributed by atoms with E-state index in [-0.39, 0.29) is 29.3 Å². The van der Waals surface area contributed by atoms with E-state index >= 15 is 0 Å². The molecule has 0 aliphatic carbocycles. The molecule has 1 aliphatic heterocycles. The molecule has 1 fully saturated rings. The first-order valence-electron chi connectivity index (χ1n) is 13.1. The number of piperidine rings is 1. The van der Waals surface area contributed by atoms with Crippen LogP contribution in [0.25, 0.3) is 0 Å². The van der Waals surface area contributed by atoms with Crippen molar-refractivity contribution in [1.82, 2.24) is 4.90 Å². The van der Waals surface area contributed by atoms with Crippen LogP contribution in [0.2, 0.25) is 5.04 Å². The van der Waals surface area contributed by atoms with Crippen LogP contribution in [0.4, 0.5) is 4.79 Å². The van der Waals surface area contributed by atoms with E-state index in [1.807, 2.05) is 54.6 Å². The third-order valence-corrected chi connectivity index (χ3v) is 12.5. The van der Waals surface area contributed by atoms with Crippen molar-refractivity contribution >= 4 is 30.6 Å². The Balaban J connectivity index is 1.64. The van der Waals surface area contributed by atoms with Crippen molar-refractivity contribution < 1.29 is 19.1 Å². The average Bonchev–Trinajstić information content (AvgIpc) is 2.90. The van der Waals surface area contributed by atoms with E-state index in [0.717, 1.165) is 12.8 Å². The summed E-state index contributed by atoms with van der Waals surface area (Å²) in [6.07, 6.45) is 1.47. The van der Waals surface area contributed by atoms with Gasteiger partial charge in [-0.1, -0.05) is 112 Å². The second kappa shape index (κ2) is 11.4. The molecule has 194 valence electrons. The van der Waals surface area contributed by atoms with Crippen molar-refractivity contribution in [1.29, 1.82) is 0 Å². The summed E-state index contributed by atoms with van der Waals surface area (Å²) in [5.74, 6) is -0.0228. The SMILES string of the molecule is CC(C)(C)[Si](OC[C@H]1CCC[C@@H](CC(=O)c2ccccc2)N1C(=O)O)(c1ccccc1)c1ccccc1. The Bertz CT molecular complexity index is 1140. The molecule has 1 saturated heterocycles. The molecule has 0 spiro atoms. The number of hydrogen-bond acceptors (Lipinski definition) is 3. The zero-order valence-corrected chi connectivity index (χ0v) is 23.0. The number of carboxylic acid groups (broad SMARTS) is 1. The summed E-state index contributed by atoms with van der Waals surface area (Å²) >= 11 is 0. The number of likely N-dealkylation sites (tertiary alicyclic amines) is 1. The summed E-state index contributed by atoms with van der Waals surface area (Å²) in [5.41, 5.74) is 0.624. The number of ketones is 1. The smallest absolute Gasteiger partial charge is 0.407 e. The van der Waals surface area contributed by atoms with E-state index in [2.05, 4.69) is 45.0 Å². The van der Waals surface area contributed by atoms with Gasteiger partial charge in [-0.25, -0.2) is 4.79 Å². The van der Waals surface area contributed by atoms with Crippen molar-refractivity contribution in [2.75, 3.05) is 6.61 Å². The zero-order chi connectivity index (χ0) is 26.5. The second-order valence-electron chi connectivity index (χ2n) is 10.9. The lowest BCUT2D eigenvalue weighted by molar-refractivity contribution is 0.0442. The Morgan fingerprint density at radius 2 is 1.32 bits per heavy atom. The molecule has 1 heterocycles. The van der Waals surface area contributed by atoms with E-state index in [1.165, 1.54) is 15.3 Å².